The number of rotatable bonds is 4. The molecule has 0 aliphatic heterocycles. The highest BCUT2D eigenvalue weighted by Crippen LogP contribution is 2.32. The van der Waals surface area contributed by atoms with Crippen molar-refractivity contribution in [2.75, 3.05) is 5.43 Å². The second kappa shape index (κ2) is 5.62. The number of halogens is 1. The average molecular weight is 262 g/mol. The molecule has 1 aromatic heterocycles. The van der Waals surface area contributed by atoms with Gasteiger partial charge in [-0.05, 0) is 18.1 Å². The van der Waals surface area contributed by atoms with E-state index in [2.05, 4.69) is 15.4 Å². The first kappa shape index (κ1) is 13.2. The smallest absolute Gasteiger partial charge is 0.227 e. The summed E-state index contributed by atoms with van der Waals surface area (Å²) in [5, 5.41) is 0. The van der Waals surface area contributed by atoms with Crippen molar-refractivity contribution in [2.45, 2.75) is 19.8 Å². The summed E-state index contributed by atoms with van der Waals surface area (Å²) in [6, 6.07) is 5.87. The summed E-state index contributed by atoms with van der Waals surface area (Å²) in [4.78, 5) is 8.12. The number of nitrogen functional groups attached to an aromatic ring is 1. The Balaban J connectivity index is 2.39. The molecule has 19 heavy (non-hydrogen) atoms. The highest BCUT2D eigenvalue weighted by Gasteiger charge is 2.16. The maximum absolute atomic E-state index is 13.1. The fourth-order valence-corrected chi connectivity index (χ4v) is 1.74. The first-order valence-electron chi connectivity index (χ1n) is 5.86. The van der Waals surface area contributed by atoms with Crippen LogP contribution in [-0.2, 0) is 0 Å². The van der Waals surface area contributed by atoms with Gasteiger partial charge in [-0.15, -0.1) is 0 Å². The fourth-order valence-electron chi connectivity index (χ4n) is 1.74. The number of nitrogens with one attached hydrogen (secondary N) is 1. The van der Waals surface area contributed by atoms with E-state index in [9.17, 15) is 4.39 Å². The molecule has 0 amide bonds. The number of hydrogen-bond acceptors (Lipinski definition) is 5. The molecule has 0 atom stereocenters. The van der Waals surface area contributed by atoms with Crippen LogP contribution in [0, 0.1) is 5.82 Å². The second-order valence-electron chi connectivity index (χ2n) is 4.30. The van der Waals surface area contributed by atoms with Crippen LogP contribution in [0.25, 0.3) is 0 Å². The van der Waals surface area contributed by atoms with Crippen molar-refractivity contribution in [3.05, 3.63) is 42.0 Å². The van der Waals surface area contributed by atoms with Crippen molar-refractivity contribution in [3.63, 3.8) is 0 Å². The Hall–Kier alpha value is -2.21. The van der Waals surface area contributed by atoms with Gasteiger partial charge in [0.25, 0.3) is 0 Å². The van der Waals surface area contributed by atoms with Crippen LogP contribution in [0.3, 0.4) is 0 Å². The Bertz CT molecular complexity index is 574. The zero-order valence-corrected chi connectivity index (χ0v) is 10.7. The zero-order chi connectivity index (χ0) is 13.8. The number of hydrazine groups is 1. The van der Waals surface area contributed by atoms with Gasteiger partial charge in [0.2, 0.25) is 5.88 Å². The van der Waals surface area contributed by atoms with E-state index in [0.29, 0.717) is 17.4 Å². The van der Waals surface area contributed by atoms with E-state index in [1.807, 2.05) is 13.8 Å². The van der Waals surface area contributed by atoms with Crippen molar-refractivity contribution >= 4 is 5.82 Å². The maximum Gasteiger partial charge on any atom is 0.227 e. The zero-order valence-electron chi connectivity index (χ0n) is 10.7. The Morgan fingerprint density at radius 3 is 2.74 bits per heavy atom. The number of aromatic nitrogens is 2. The molecular weight excluding hydrogens is 247 g/mol. The van der Waals surface area contributed by atoms with E-state index < -0.39 is 0 Å². The Morgan fingerprint density at radius 1 is 1.32 bits per heavy atom. The largest absolute Gasteiger partial charge is 0.438 e. The molecule has 0 fully saturated rings. The number of ether oxygens (including phenoxy) is 1. The van der Waals surface area contributed by atoms with Crippen LogP contribution >= 0.6 is 0 Å². The summed E-state index contributed by atoms with van der Waals surface area (Å²) >= 11 is 0. The highest BCUT2D eigenvalue weighted by atomic mass is 19.1. The van der Waals surface area contributed by atoms with Crippen LogP contribution < -0.4 is 16.0 Å². The lowest BCUT2D eigenvalue weighted by Gasteiger charge is -2.15. The molecular formula is C13H15FN4O. The molecule has 1 heterocycles. The molecule has 100 valence electrons. The molecule has 0 radical (unpaired) electrons. The lowest BCUT2D eigenvalue weighted by atomic mass is 10.1. The third kappa shape index (κ3) is 2.97. The minimum Gasteiger partial charge on any atom is -0.438 e. The molecule has 2 rings (SSSR count). The number of nitrogens with zero attached hydrogens (tertiary/aromatic N) is 2. The summed E-state index contributed by atoms with van der Waals surface area (Å²) in [6.45, 7) is 3.94. The first-order valence-corrected chi connectivity index (χ1v) is 5.86. The van der Waals surface area contributed by atoms with Gasteiger partial charge in [0, 0.05) is 6.07 Å². The Labute approximate surface area is 110 Å². The number of benzene rings is 1. The summed E-state index contributed by atoms with van der Waals surface area (Å²) in [6.07, 6.45) is 1.34. The van der Waals surface area contributed by atoms with E-state index in [-0.39, 0.29) is 11.7 Å². The molecule has 0 saturated heterocycles. The monoisotopic (exact) mass is 262 g/mol. The standard InChI is InChI=1S/C13H15FN4O/c1-8(2)11-12(18-15)16-7-17-13(11)19-10-5-3-4-9(14)6-10/h3-8H,15H2,1-2H3,(H,16,17,18). The Kier molecular flexibility index (Phi) is 3.91. The molecule has 2 aromatic rings. The van der Waals surface area contributed by atoms with E-state index in [0.717, 1.165) is 5.56 Å². The van der Waals surface area contributed by atoms with Gasteiger partial charge in [0.05, 0.1) is 5.56 Å². The molecule has 0 bridgehead atoms. The first-order chi connectivity index (χ1) is 9.11. The second-order valence-corrected chi connectivity index (χ2v) is 4.30. The van der Waals surface area contributed by atoms with Crippen LogP contribution in [-0.4, -0.2) is 9.97 Å². The molecule has 1 aromatic carbocycles. The van der Waals surface area contributed by atoms with E-state index in [1.54, 1.807) is 12.1 Å². The minimum atomic E-state index is -0.366. The van der Waals surface area contributed by atoms with Crippen molar-refractivity contribution in [1.29, 1.82) is 0 Å². The summed E-state index contributed by atoms with van der Waals surface area (Å²) < 4.78 is 18.7. The number of nitrogens with two attached hydrogens (primary N) is 1. The van der Waals surface area contributed by atoms with E-state index in [4.69, 9.17) is 10.6 Å². The molecule has 3 N–H and O–H groups in total. The predicted octanol–water partition coefficient (Wildman–Crippen LogP) is 2.82. The molecule has 6 heteroatoms. The van der Waals surface area contributed by atoms with Gasteiger partial charge in [0.15, 0.2) is 5.82 Å². The minimum absolute atomic E-state index is 0.107. The van der Waals surface area contributed by atoms with Gasteiger partial charge in [-0.2, -0.15) is 0 Å². The van der Waals surface area contributed by atoms with E-state index >= 15 is 0 Å². The summed E-state index contributed by atoms with van der Waals surface area (Å²) in [7, 11) is 0. The van der Waals surface area contributed by atoms with Crippen molar-refractivity contribution in [3.8, 4) is 11.6 Å². The maximum atomic E-state index is 13.1. The quantitative estimate of drug-likeness (QED) is 0.654. The predicted molar refractivity (Wildman–Crippen MR) is 70.4 cm³/mol. The summed E-state index contributed by atoms with van der Waals surface area (Å²) in [5.41, 5.74) is 3.25. The molecule has 0 unspecified atom stereocenters. The highest BCUT2D eigenvalue weighted by molar-refractivity contribution is 5.50. The molecule has 0 saturated carbocycles. The summed E-state index contributed by atoms with van der Waals surface area (Å²) in [5.74, 6) is 6.40. The van der Waals surface area contributed by atoms with Crippen LogP contribution in [0.1, 0.15) is 25.3 Å². The van der Waals surface area contributed by atoms with Crippen LogP contribution in [0.4, 0.5) is 10.2 Å². The van der Waals surface area contributed by atoms with Gasteiger partial charge in [-0.1, -0.05) is 19.9 Å². The van der Waals surface area contributed by atoms with Gasteiger partial charge in [-0.3, -0.25) is 0 Å². The van der Waals surface area contributed by atoms with Gasteiger partial charge < -0.3 is 10.2 Å². The molecule has 0 aliphatic rings. The van der Waals surface area contributed by atoms with Gasteiger partial charge >= 0.3 is 0 Å². The molecule has 0 aliphatic carbocycles. The van der Waals surface area contributed by atoms with Crippen LogP contribution in [0.2, 0.25) is 0 Å². The van der Waals surface area contributed by atoms with Crippen molar-refractivity contribution in [2.24, 2.45) is 5.84 Å². The van der Waals surface area contributed by atoms with Crippen molar-refractivity contribution in [1.82, 2.24) is 9.97 Å². The topological polar surface area (TPSA) is 73.1 Å². The SMILES string of the molecule is CC(C)c1c(NN)ncnc1Oc1cccc(F)c1. The van der Waals surface area contributed by atoms with E-state index in [1.165, 1.54) is 18.5 Å². The molecule has 0 spiro atoms. The third-order valence-electron chi connectivity index (χ3n) is 2.57. The fraction of sp³-hybridized carbons (Fsp3) is 0.231. The van der Waals surface area contributed by atoms with Crippen molar-refractivity contribution < 1.29 is 9.13 Å². The average Bonchev–Trinajstić information content (AvgIpc) is 2.38. The Morgan fingerprint density at radius 2 is 2.11 bits per heavy atom. The van der Waals surface area contributed by atoms with Gasteiger partial charge in [0.1, 0.15) is 17.9 Å². The third-order valence-corrected chi connectivity index (χ3v) is 2.57. The number of hydrogen-bond donors (Lipinski definition) is 2. The molecule has 5 nitrogen and oxygen atoms in total. The van der Waals surface area contributed by atoms with Crippen LogP contribution in [0.5, 0.6) is 11.6 Å². The van der Waals surface area contributed by atoms with Crippen LogP contribution in [0.15, 0.2) is 30.6 Å². The lowest BCUT2D eigenvalue weighted by molar-refractivity contribution is 0.447. The lowest BCUT2D eigenvalue weighted by Crippen LogP contribution is -2.13. The number of anilines is 1. The normalized spacial score (nSPS) is 10.6. The van der Waals surface area contributed by atoms with Gasteiger partial charge in [-0.25, -0.2) is 20.2 Å².